The van der Waals surface area contributed by atoms with Crippen molar-refractivity contribution >= 4 is 23.9 Å². The van der Waals surface area contributed by atoms with Crippen LogP contribution < -0.4 is 36.1 Å². The van der Waals surface area contributed by atoms with Crippen molar-refractivity contribution in [3.63, 3.8) is 0 Å². The maximum Gasteiger partial charge on any atom is 0.412 e. The number of carbonyl (C=O) groups excluding carboxylic acids is 4. The molecule has 2 fully saturated rings. The zero-order chi connectivity index (χ0) is 52.2. The van der Waals surface area contributed by atoms with Crippen molar-refractivity contribution in [2.75, 3.05) is 45.8 Å². The van der Waals surface area contributed by atoms with Crippen LogP contribution in [0.3, 0.4) is 0 Å². The highest BCUT2D eigenvalue weighted by atomic mass is 16.6. The summed E-state index contributed by atoms with van der Waals surface area (Å²) in [5.41, 5.74) is 4.15. The van der Waals surface area contributed by atoms with E-state index in [1.54, 1.807) is 0 Å². The molecule has 11 heteroatoms. The molecule has 0 aromatic heterocycles. The lowest BCUT2D eigenvalue weighted by atomic mass is 9.49. The fraction of sp³-hybridized carbons (Fsp3) is 0.742. The number of fused-ring (bicyclic) bond motifs is 6. The molecule has 0 unspecified atom stereocenters. The van der Waals surface area contributed by atoms with Gasteiger partial charge in [0.25, 0.3) is 0 Å². The SMILES string of the molecule is CCCCCNC(=O)[C@@]1(C)CCC[C@]2(C)c3cc(OC(=O)CCCNCCCCCCCCCCNCCCNC(=O)Oc4ccc5c(c4)[C@@]4(C)CCC[C@](C)(C(=O)NCCCCC)[C@@H]4CC5)ccc3CC[C@@H]12. The summed E-state index contributed by atoms with van der Waals surface area (Å²) in [6.45, 7) is 19.2. The summed E-state index contributed by atoms with van der Waals surface area (Å²) >= 11 is 0. The van der Waals surface area contributed by atoms with Gasteiger partial charge in [-0.05, 0) is 185 Å². The van der Waals surface area contributed by atoms with Gasteiger partial charge in [0, 0.05) is 26.1 Å². The first-order valence-corrected chi connectivity index (χ1v) is 29.7. The van der Waals surface area contributed by atoms with Crippen molar-refractivity contribution in [3.8, 4) is 11.5 Å². The number of hydrogen-bond acceptors (Lipinski definition) is 8. The van der Waals surface area contributed by atoms with Crippen LogP contribution in [-0.4, -0.2) is 69.7 Å². The maximum atomic E-state index is 13.6. The number of carbonyl (C=O) groups is 4. The van der Waals surface area contributed by atoms with Gasteiger partial charge in [-0.3, -0.25) is 14.4 Å². The minimum atomic E-state index is -0.414. The van der Waals surface area contributed by atoms with Gasteiger partial charge in [-0.15, -0.1) is 0 Å². The minimum absolute atomic E-state index is 0.111. The van der Waals surface area contributed by atoms with Crippen molar-refractivity contribution in [1.29, 1.82) is 0 Å². The predicted molar refractivity (Wildman–Crippen MR) is 296 cm³/mol. The second kappa shape index (κ2) is 28.8. The number of esters is 1. The molecule has 2 saturated carbocycles. The molecule has 4 aliphatic rings. The van der Waals surface area contributed by atoms with Gasteiger partial charge in [0.2, 0.25) is 11.8 Å². The van der Waals surface area contributed by atoms with E-state index in [0.717, 1.165) is 161 Å². The molecule has 0 aliphatic heterocycles. The molecule has 0 saturated heterocycles. The summed E-state index contributed by atoms with van der Waals surface area (Å²) in [6, 6.07) is 12.3. The molecule has 3 amide bonds. The molecule has 11 nitrogen and oxygen atoms in total. The second-order valence-electron chi connectivity index (χ2n) is 23.7. The highest BCUT2D eigenvalue weighted by Gasteiger charge is 2.56. The Labute approximate surface area is 441 Å². The average molecular weight is 1010 g/mol. The smallest absolute Gasteiger partial charge is 0.412 e. The molecule has 2 aromatic rings. The highest BCUT2D eigenvalue weighted by molar-refractivity contribution is 5.84. The molecule has 6 atom stereocenters. The first-order chi connectivity index (χ1) is 35.3. The third-order valence-electron chi connectivity index (χ3n) is 18.3. The molecule has 408 valence electrons. The molecular formula is C62H99N5O6. The Bertz CT molecular complexity index is 1930. The molecule has 5 N–H and O–H groups in total. The lowest BCUT2D eigenvalue weighted by Crippen LogP contribution is -2.55. The third-order valence-corrected chi connectivity index (χ3v) is 18.3. The van der Waals surface area contributed by atoms with Crippen LogP contribution in [0.1, 0.15) is 224 Å². The number of rotatable bonds is 31. The van der Waals surface area contributed by atoms with Gasteiger partial charge in [-0.2, -0.15) is 0 Å². The van der Waals surface area contributed by atoms with E-state index in [1.165, 1.54) is 67.2 Å². The average Bonchev–Trinajstić information content (AvgIpc) is 3.37. The molecule has 0 heterocycles. The Balaban J connectivity index is 0.746. The van der Waals surface area contributed by atoms with Gasteiger partial charge < -0.3 is 36.1 Å². The molecule has 4 aliphatic carbocycles. The first kappa shape index (κ1) is 58.3. The monoisotopic (exact) mass is 1010 g/mol. The number of hydrogen-bond donors (Lipinski definition) is 5. The number of ether oxygens (including phenoxy) is 2. The van der Waals surface area contributed by atoms with E-state index in [4.69, 9.17) is 9.47 Å². The van der Waals surface area contributed by atoms with E-state index < -0.39 is 11.5 Å². The molecule has 6 rings (SSSR count). The predicted octanol–water partition coefficient (Wildman–Crippen LogP) is 12.5. The number of benzene rings is 2. The van der Waals surface area contributed by atoms with Crippen LogP contribution in [0.4, 0.5) is 4.79 Å². The van der Waals surface area contributed by atoms with Crippen LogP contribution in [0.25, 0.3) is 0 Å². The van der Waals surface area contributed by atoms with Gasteiger partial charge in [-0.1, -0.05) is 131 Å². The van der Waals surface area contributed by atoms with Crippen LogP contribution in [0.2, 0.25) is 0 Å². The largest absolute Gasteiger partial charge is 0.427 e. The van der Waals surface area contributed by atoms with Crippen LogP contribution in [0, 0.1) is 22.7 Å². The first-order valence-electron chi connectivity index (χ1n) is 29.7. The van der Waals surface area contributed by atoms with Crippen LogP contribution in [0.15, 0.2) is 36.4 Å². The molecule has 0 bridgehead atoms. The summed E-state index contributed by atoms with van der Waals surface area (Å²) in [7, 11) is 0. The van der Waals surface area contributed by atoms with Crippen molar-refractivity contribution in [1.82, 2.24) is 26.6 Å². The third kappa shape index (κ3) is 15.6. The van der Waals surface area contributed by atoms with E-state index in [2.05, 4.69) is 92.4 Å². The zero-order valence-electron chi connectivity index (χ0n) is 46.6. The molecule has 0 spiro atoms. The molecule has 2 aromatic carbocycles. The Kier molecular flexibility index (Phi) is 23.0. The Morgan fingerprint density at radius 1 is 0.493 bits per heavy atom. The minimum Gasteiger partial charge on any atom is -0.427 e. The van der Waals surface area contributed by atoms with Gasteiger partial charge in [0.15, 0.2) is 0 Å². The lowest BCUT2D eigenvalue weighted by Gasteiger charge is -2.54. The van der Waals surface area contributed by atoms with Gasteiger partial charge in [-0.25, -0.2) is 4.79 Å². The Morgan fingerprint density at radius 3 is 1.41 bits per heavy atom. The number of unbranched alkanes of at least 4 members (excludes halogenated alkanes) is 11. The Morgan fingerprint density at radius 2 is 0.918 bits per heavy atom. The van der Waals surface area contributed by atoms with E-state index in [1.807, 2.05) is 12.1 Å². The second-order valence-corrected chi connectivity index (χ2v) is 23.7. The fourth-order valence-corrected chi connectivity index (χ4v) is 14.0. The van der Waals surface area contributed by atoms with E-state index in [0.29, 0.717) is 24.5 Å². The van der Waals surface area contributed by atoms with Gasteiger partial charge >= 0.3 is 12.1 Å². The van der Waals surface area contributed by atoms with Gasteiger partial charge in [0.1, 0.15) is 11.5 Å². The Hall–Kier alpha value is -3.96. The summed E-state index contributed by atoms with van der Waals surface area (Å²) in [5.74, 6) is 1.97. The summed E-state index contributed by atoms with van der Waals surface area (Å²) < 4.78 is 11.7. The molecule has 0 radical (unpaired) electrons. The molecule has 73 heavy (non-hydrogen) atoms. The quantitative estimate of drug-likeness (QED) is 0.0285. The number of amides is 3. The van der Waals surface area contributed by atoms with Crippen molar-refractivity contribution in [2.24, 2.45) is 22.7 Å². The van der Waals surface area contributed by atoms with E-state index in [9.17, 15) is 19.2 Å². The van der Waals surface area contributed by atoms with Crippen LogP contribution >= 0.6 is 0 Å². The summed E-state index contributed by atoms with van der Waals surface area (Å²) in [6.07, 6.45) is 28.0. The van der Waals surface area contributed by atoms with Crippen LogP contribution in [0.5, 0.6) is 11.5 Å². The van der Waals surface area contributed by atoms with Gasteiger partial charge in [0.05, 0.1) is 10.8 Å². The number of aryl methyl sites for hydroxylation is 2. The summed E-state index contributed by atoms with van der Waals surface area (Å²) in [4.78, 5) is 52.9. The highest BCUT2D eigenvalue weighted by Crippen LogP contribution is 2.59. The maximum absolute atomic E-state index is 13.6. The van der Waals surface area contributed by atoms with Crippen LogP contribution in [-0.2, 0) is 38.1 Å². The molecular weight excluding hydrogens is 911 g/mol. The number of nitrogens with one attached hydrogen (secondary N) is 5. The van der Waals surface area contributed by atoms with E-state index in [-0.39, 0.29) is 45.9 Å². The standard InChI is InChI=1S/C62H99N5O6/c1-7-9-17-42-65-56(69)61(5)36-22-34-59(3)51-45-49(30-26-47(51)28-32-53(59)61)72-55(68)25-21-40-63-38-19-15-13-11-12-14-16-20-39-64-41-24-44-67-58(71)73-50-31-27-48-29-33-54-60(4,52(48)46-50)35-23-37-62(54,6)57(70)66-43-18-10-8-2/h26-27,30-31,45-46,53-54,63-64H,7-25,28-29,32-44H2,1-6H3,(H,65,69)(H,66,70)(H,67,71)/t53-,54-,59-,60-,61+,62+/m1/s1. The lowest BCUT2D eigenvalue weighted by molar-refractivity contribution is -0.139. The zero-order valence-corrected chi connectivity index (χ0v) is 46.6. The van der Waals surface area contributed by atoms with Crippen molar-refractivity contribution in [2.45, 2.75) is 226 Å². The fourth-order valence-electron chi connectivity index (χ4n) is 14.0. The normalized spacial score (nSPS) is 25.1. The summed E-state index contributed by atoms with van der Waals surface area (Å²) in [5, 5.41) is 16.6. The van der Waals surface area contributed by atoms with E-state index >= 15 is 0 Å². The van der Waals surface area contributed by atoms with Crippen molar-refractivity contribution < 1.29 is 28.7 Å². The topological polar surface area (TPSA) is 147 Å². The van der Waals surface area contributed by atoms with Crippen molar-refractivity contribution in [3.05, 3.63) is 58.7 Å².